The Balaban J connectivity index is 1.34. The van der Waals surface area contributed by atoms with Crippen molar-refractivity contribution in [1.29, 1.82) is 0 Å². The normalized spacial score (nSPS) is 19.9. The minimum atomic E-state index is 0.294. The van der Waals surface area contributed by atoms with Crippen LogP contribution < -0.4 is 0 Å². The van der Waals surface area contributed by atoms with Gasteiger partial charge in [-0.2, -0.15) is 0 Å². The summed E-state index contributed by atoms with van der Waals surface area (Å²) in [5.74, 6) is 0.822. The van der Waals surface area contributed by atoms with Crippen LogP contribution in [0.2, 0.25) is 0 Å². The molecule has 0 saturated heterocycles. The first-order valence-corrected chi connectivity index (χ1v) is 10.9. The Bertz CT molecular complexity index is 1100. The number of carbonyl (C=O) groups excluding carboxylic acids is 1. The summed E-state index contributed by atoms with van der Waals surface area (Å²) in [4.78, 5) is 16.5. The van der Waals surface area contributed by atoms with E-state index in [1.165, 1.54) is 16.7 Å². The number of fused-ring (bicyclic) bond motifs is 1. The molecule has 0 bridgehead atoms. The predicted octanol–water partition coefficient (Wildman–Crippen LogP) is 5.29. The summed E-state index contributed by atoms with van der Waals surface area (Å²) in [6.45, 7) is 1.94. The van der Waals surface area contributed by atoms with E-state index in [0.717, 1.165) is 42.6 Å². The van der Waals surface area contributed by atoms with Gasteiger partial charge in [-0.1, -0.05) is 42.5 Å². The van der Waals surface area contributed by atoms with Crippen LogP contribution in [-0.2, 0) is 11.2 Å². The number of hydrogen-bond acceptors (Lipinski definition) is 4. The minimum Gasteiger partial charge on any atom is -0.300 e. The van der Waals surface area contributed by atoms with Crippen LogP contribution in [0.3, 0.4) is 0 Å². The van der Waals surface area contributed by atoms with Crippen LogP contribution in [0, 0.1) is 5.92 Å². The number of allylic oxidation sites excluding steroid dienone is 1. The lowest BCUT2D eigenvalue weighted by Gasteiger charge is -2.14. The van der Waals surface area contributed by atoms with Crippen LogP contribution >= 0.6 is 0 Å². The lowest BCUT2D eigenvalue weighted by atomic mass is 9.99. The number of hydrogen-bond donors (Lipinski definition) is 0. The molecule has 152 valence electrons. The molecule has 5 nitrogen and oxygen atoms in total. The van der Waals surface area contributed by atoms with Crippen molar-refractivity contribution in [1.82, 2.24) is 20.0 Å². The molecule has 0 N–H and O–H groups in total. The molecule has 0 aliphatic heterocycles. The smallest absolute Gasteiger partial charge is 0.132 e. The van der Waals surface area contributed by atoms with E-state index in [1.54, 1.807) is 6.20 Å². The molecule has 0 unspecified atom stereocenters. The molecule has 3 aromatic rings. The summed E-state index contributed by atoms with van der Waals surface area (Å²) >= 11 is 0. The van der Waals surface area contributed by atoms with E-state index < -0.39 is 0 Å². The standard InChI is InChI=1S/C25H26N4O/c1-2-23(30)13-17-6-10-22(12-17)29-25(16-27-28-29)24-11-9-21(15-26-24)20-8-7-18-4-3-5-19(18)14-20/h3,5,7-9,11,14-17,22H,2,4,6,10,12-13H2,1H3/t17-,22+/m0/s1. The zero-order valence-electron chi connectivity index (χ0n) is 17.3. The van der Waals surface area contributed by atoms with Gasteiger partial charge in [0.2, 0.25) is 0 Å². The highest BCUT2D eigenvalue weighted by Gasteiger charge is 2.29. The summed E-state index contributed by atoms with van der Waals surface area (Å²) in [5, 5.41) is 8.53. The monoisotopic (exact) mass is 398 g/mol. The van der Waals surface area contributed by atoms with Crippen LogP contribution in [0.25, 0.3) is 28.6 Å². The van der Waals surface area contributed by atoms with E-state index in [4.69, 9.17) is 4.98 Å². The SMILES string of the molecule is CCC(=O)C[C@H]1CC[C@@H](n2nncc2-c2ccc(-c3ccc4c(c3)C=CC4)cn2)C1. The van der Waals surface area contributed by atoms with Crippen LogP contribution in [-0.4, -0.2) is 25.8 Å². The molecule has 2 atom stereocenters. The number of rotatable bonds is 6. The van der Waals surface area contributed by atoms with Crippen molar-refractivity contribution in [2.24, 2.45) is 5.92 Å². The molecule has 1 aromatic carbocycles. The molecule has 2 aliphatic rings. The molecule has 5 rings (SSSR count). The quantitative estimate of drug-likeness (QED) is 0.566. The maximum atomic E-state index is 11.8. The van der Waals surface area contributed by atoms with Gasteiger partial charge in [0.25, 0.3) is 0 Å². The molecule has 2 aliphatic carbocycles. The fraction of sp³-hybridized carbons (Fsp3) is 0.360. The Morgan fingerprint density at radius 2 is 2.03 bits per heavy atom. The highest BCUT2D eigenvalue weighted by atomic mass is 16.1. The van der Waals surface area contributed by atoms with Gasteiger partial charge in [0.15, 0.2) is 0 Å². The van der Waals surface area contributed by atoms with E-state index in [9.17, 15) is 4.79 Å². The lowest BCUT2D eigenvalue weighted by Crippen LogP contribution is -2.11. The first kappa shape index (κ1) is 18.9. The number of ketones is 1. The number of carbonyl (C=O) groups is 1. The number of benzene rings is 1. The molecule has 2 heterocycles. The summed E-state index contributed by atoms with van der Waals surface area (Å²) in [5.41, 5.74) is 6.82. The van der Waals surface area contributed by atoms with E-state index in [-0.39, 0.29) is 0 Å². The van der Waals surface area contributed by atoms with Crippen LogP contribution in [0.4, 0.5) is 0 Å². The van der Waals surface area contributed by atoms with Gasteiger partial charge in [0.05, 0.1) is 17.9 Å². The molecule has 30 heavy (non-hydrogen) atoms. The zero-order chi connectivity index (χ0) is 20.5. The Morgan fingerprint density at radius 3 is 2.87 bits per heavy atom. The van der Waals surface area contributed by atoms with Gasteiger partial charge in [-0.25, -0.2) is 4.68 Å². The van der Waals surface area contributed by atoms with E-state index in [1.807, 2.05) is 17.8 Å². The topological polar surface area (TPSA) is 60.7 Å². The van der Waals surface area contributed by atoms with E-state index >= 15 is 0 Å². The van der Waals surface area contributed by atoms with E-state index in [0.29, 0.717) is 30.6 Å². The Kier molecular flexibility index (Phi) is 5.03. The first-order chi connectivity index (χ1) is 14.7. The third-order valence-electron chi connectivity index (χ3n) is 6.49. The fourth-order valence-corrected chi connectivity index (χ4v) is 4.76. The molecule has 0 amide bonds. The zero-order valence-corrected chi connectivity index (χ0v) is 17.3. The Hall–Kier alpha value is -3.08. The third kappa shape index (κ3) is 3.60. The van der Waals surface area contributed by atoms with Crippen LogP contribution in [0.1, 0.15) is 56.2 Å². The fourth-order valence-electron chi connectivity index (χ4n) is 4.76. The van der Waals surface area contributed by atoms with Crippen LogP contribution in [0.5, 0.6) is 0 Å². The first-order valence-electron chi connectivity index (χ1n) is 10.9. The molecular weight excluding hydrogens is 372 g/mol. The van der Waals surface area contributed by atoms with E-state index in [2.05, 4.69) is 52.8 Å². The highest BCUT2D eigenvalue weighted by molar-refractivity contribution is 5.78. The van der Waals surface area contributed by atoms with Crippen molar-refractivity contribution < 1.29 is 4.79 Å². The molecular formula is C25H26N4O. The number of aromatic nitrogens is 4. The second-order valence-corrected chi connectivity index (χ2v) is 8.45. The van der Waals surface area contributed by atoms with Crippen molar-refractivity contribution in [3.8, 4) is 22.5 Å². The van der Waals surface area contributed by atoms with Crippen molar-refractivity contribution in [3.63, 3.8) is 0 Å². The Morgan fingerprint density at radius 1 is 1.13 bits per heavy atom. The molecule has 5 heteroatoms. The lowest BCUT2D eigenvalue weighted by molar-refractivity contribution is -0.119. The van der Waals surface area contributed by atoms with Gasteiger partial charge in [-0.05, 0) is 60.4 Å². The second-order valence-electron chi connectivity index (χ2n) is 8.45. The van der Waals surface area contributed by atoms with Crippen molar-refractivity contribution in [2.45, 2.75) is 51.5 Å². The summed E-state index contributed by atoms with van der Waals surface area (Å²) in [7, 11) is 0. The number of pyridine rings is 1. The highest BCUT2D eigenvalue weighted by Crippen LogP contribution is 2.38. The molecule has 1 fully saturated rings. The van der Waals surface area contributed by atoms with Gasteiger partial charge in [0.1, 0.15) is 11.5 Å². The van der Waals surface area contributed by atoms with Gasteiger partial charge in [-0.3, -0.25) is 9.78 Å². The maximum absolute atomic E-state index is 11.8. The van der Waals surface area contributed by atoms with Crippen molar-refractivity contribution >= 4 is 11.9 Å². The number of nitrogens with zero attached hydrogens (tertiary/aromatic N) is 4. The summed E-state index contributed by atoms with van der Waals surface area (Å²) in [6, 6.07) is 11.1. The van der Waals surface area contributed by atoms with Crippen molar-refractivity contribution in [3.05, 3.63) is 59.9 Å². The van der Waals surface area contributed by atoms with Gasteiger partial charge < -0.3 is 0 Å². The second kappa shape index (κ2) is 7.98. The van der Waals surface area contributed by atoms with Gasteiger partial charge >= 0.3 is 0 Å². The molecule has 0 spiro atoms. The molecule has 0 radical (unpaired) electrons. The maximum Gasteiger partial charge on any atom is 0.132 e. The van der Waals surface area contributed by atoms with Crippen molar-refractivity contribution in [2.75, 3.05) is 0 Å². The molecule has 1 saturated carbocycles. The average Bonchev–Trinajstić information content (AvgIpc) is 3.53. The minimum absolute atomic E-state index is 0.294. The largest absolute Gasteiger partial charge is 0.300 e. The summed E-state index contributed by atoms with van der Waals surface area (Å²) < 4.78 is 2.01. The summed E-state index contributed by atoms with van der Waals surface area (Å²) in [6.07, 6.45) is 13.6. The average molecular weight is 399 g/mol. The molecule has 2 aromatic heterocycles. The predicted molar refractivity (Wildman–Crippen MR) is 118 cm³/mol. The van der Waals surface area contributed by atoms with Crippen LogP contribution in [0.15, 0.2) is 48.8 Å². The van der Waals surface area contributed by atoms with Gasteiger partial charge in [-0.15, -0.1) is 5.10 Å². The van der Waals surface area contributed by atoms with Gasteiger partial charge in [0, 0.05) is 24.6 Å². The third-order valence-corrected chi connectivity index (χ3v) is 6.49. The Labute approximate surface area is 176 Å². The number of Topliss-reactive ketones (excluding diaryl/α,β-unsaturated/α-hetero) is 1.